The van der Waals surface area contributed by atoms with Crippen LogP contribution < -0.4 is 5.32 Å². The predicted octanol–water partition coefficient (Wildman–Crippen LogP) is 3.54. The van der Waals surface area contributed by atoms with E-state index in [0.717, 1.165) is 17.7 Å². The molecule has 0 aliphatic carbocycles. The zero-order chi connectivity index (χ0) is 15.1. The lowest BCUT2D eigenvalue weighted by Crippen LogP contribution is -2.34. The number of nitrogens with one attached hydrogen (secondary N) is 1. The minimum absolute atomic E-state index is 0.0245. The van der Waals surface area contributed by atoms with Gasteiger partial charge in [0.05, 0.1) is 11.3 Å². The van der Waals surface area contributed by atoms with Crippen LogP contribution in [0.25, 0.3) is 0 Å². The van der Waals surface area contributed by atoms with Crippen LogP contribution in [-0.4, -0.2) is 28.8 Å². The second-order valence-electron chi connectivity index (χ2n) is 4.32. The van der Waals surface area contributed by atoms with E-state index in [1.807, 2.05) is 13.8 Å². The fraction of sp³-hybridized carbons (Fsp3) is 0.429. The van der Waals surface area contributed by atoms with Crippen molar-refractivity contribution in [2.45, 2.75) is 37.6 Å². The van der Waals surface area contributed by atoms with E-state index in [2.05, 4.69) is 21.2 Å². The fourth-order valence-corrected chi connectivity index (χ4v) is 2.83. The Morgan fingerprint density at radius 3 is 2.55 bits per heavy atom. The second-order valence-corrected chi connectivity index (χ2v) is 6.22. The highest BCUT2D eigenvalue weighted by Crippen LogP contribution is 2.24. The van der Waals surface area contributed by atoms with Gasteiger partial charge in [-0.25, -0.2) is 4.79 Å². The number of amides is 1. The summed E-state index contributed by atoms with van der Waals surface area (Å²) in [6, 6.07) is 5.26. The van der Waals surface area contributed by atoms with Crippen molar-refractivity contribution in [2.24, 2.45) is 0 Å². The summed E-state index contributed by atoms with van der Waals surface area (Å²) in [4.78, 5) is 23.6. The molecule has 1 rings (SSSR count). The van der Waals surface area contributed by atoms with Crippen molar-refractivity contribution in [2.75, 3.05) is 5.75 Å². The Kier molecular flexibility index (Phi) is 7.09. The lowest BCUT2D eigenvalue weighted by Gasteiger charge is -2.14. The largest absolute Gasteiger partial charge is 0.478 e. The first-order valence-electron chi connectivity index (χ1n) is 6.42. The number of thioether (sulfide) groups is 1. The van der Waals surface area contributed by atoms with Crippen LogP contribution in [0.15, 0.2) is 27.6 Å². The third-order valence-corrected chi connectivity index (χ3v) is 4.57. The molecular weight excluding hydrogens is 342 g/mol. The molecule has 0 atom stereocenters. The molecule has 4 nitrogen and oxygen atoms in total. The number of hydrogen-bond acceptors (Lipinski definition) is 3. The molecule has 0 spiro atoms. The van der Waals surface area contributed by atoms with Crippen LogP contribution in [0, 0.1) is 0 Å². The summed E-state index contributed by atoms with van der Waals surface area (Å²) in [5.74, 6) is -0.721. The van der Waals surface area contributed by atoms with Crippen LogP contribution in [0.5, 0.6) is 0 Å². The van der Waals surface area contributed by atoms with Gasteiger partial charge in [-0.1, -0.05) is 13.8 Å². The summed E-state index contributed by atoms with van der Waals surface area (Å²) in [6.07, 6.45) is 1.82. The van der Waals surface area contributed by atoms with Crippen LogP contribution in [0.3, 0.4) is 0 Å². The highest BCUT2D eigenvalue weighted by Gasteiger charge is 2.11. The van der Waals surface area contributed by atoms with Gasteiger partial charge in [0.2, 0.25) is 5.91 Å². The van der Waals surface area contributed by atoms with Crippen molar-refractivity contribution in [1.82, 2.24) is 5.32 Å². The Balaban J connectivity index is 2.60. The highest BCUT2D eigenvalue weighted by molar-refractivity contribution is 9.10. The van der Waals surface area contributed by atoms with E-state index in [0.29, 0.717) is 4.47 Å². The smallest absolute Gasteiger partial charge is 0.336 e. The van der Waals surface area contributed by atoms with Crippen molar-refractivity contribution in [1.29, 1.82) is 0 Å². The summed E-state index contributed by atoms with van der Waals surface area (Å²) in [7, 11) is 0. The number of benzene rings is 1. The van der Waals surface area contributed by atoms with Gasteiger partial charge in [0.15, 0.2) is 0 Å². The molecule has 0 aliphatic rings. The standard InChI is InChI=1S/C14H18BrNO3S/c1-3-9(4-2)16-13(17)8-20-10-5-6-12(15)11(7-10)14(18)19/h5-7,9H,3-4,8H2,1-2H3,(H,16,17)(H,18,19). The SMILES string of the molecule is CCC(CC)NC(=O)CSc1ccc(Br)c(C(=O)O)c1. The van der Waals surface area contributed by atoms with Crippen LogP contribution in [0.2, 0.25) is 0 Å². The van der Waals surface area contributed by atoms with Gasteiger partial charge in [-0.2, -0.15) is 0 Å². The summed E-state index contributed by atoms with van der Waals surface area (Å²) in [5.41, 5.74) is 0.204. The maximum Gasteiger partial charge on any atom is 0.336 e. The average Bonchev–Trinajstić information content (AvgIpc) is 2.43. The quantitative estimate of drug-likeness (QED) is 0.730. The molecular formula is C14H18BrNO3S. The summed E-state index contributed by atoms with van der Waals surface area (Å²) in [5, 5.41) is 12.0. The predicted molar refractivity (Wildman–Crippen MR) is 84.3 cm³/mol. The molecule has 20 heavy (non-hydrogen) atoms. The first-order chi connectivity index (χ1) is 9.47. The number of halogens is 1. The molecule has 0 saturated carbocycles. The fourth-order valence-electron chi connectivity index (χ4n) is 1.67. The average molecular weight is 360 g/mol. The van der Waals surface area contributed by atoms with E-state index in [9.17, 15) is 9.59 Å². The second kappa shape index (κ2) is 8.32. The number of carboxylic acid groups (broad SMARTS) is 1. The molecule has 0 saturated heterocycles. The zero-order valence-corrected chi connectivity index (χ0v) is 13.9. The Hall–Kier alpha value is -1.01. The third kappa shape index (κ3) is 5.17. The number of hydrogen-bond donors (Lipinski definition) is 2. The van der Waals surface area contributed by atoms with Crippen molar-refractivity contribution in [3.63, 3.8) is 0 Å². The maximum absolute atomic E-state index is 11.8. The van der Waals surface area contributed by atoms with Crippen molar-refractivity contribution < 1.29 is 14.7 Å². The number of aromatic carboxylic acids is 1. The molecule has 0 fully saturated rings. The maximum atomic E-state index is 11.8. The molecule has 1 amide bonds. The minimum Gasteiger partial charge on any atom is -0.478 e. The molecule has 0 aliphatic heterocycles. The van der Waals surface area contributed by atoms with E-state index >= 15 is 0 Å². The molecule has 0 heterocycles. The summed E-state index contributed by atoms with van der Waals surface area (Å²) < 4.78 is 0.538. The molecule has 2 N–H and O–H groups in total. The van der Waals surface area contributed by atoms with Gasteiger partial charge >= 0.3 is 5.97 Å². The topological polar surface area (TPSA) is 66.4 Å². The zero-order valence-electron chi connectivity index (χ0n) is 11.5. The van der Waals surface area contributed by atoms with E-state index in [1.54, 1.807) is 18.2 Å². The first-order valence-corrected chi connectivity index (χ1v) is 8.20. The van der Waals surface area contributed by atoms with E-state index in [-0.39, 0.29) is 23.3 Å². The van der Waals surface area contributed by atoms with Crippen molar-refractivity contribution in [3.8, 4) is 0 Å². The number of rotatable bonds is 7. The number of carbonyl (C=O) groups excluding carboxylic acids is 1. The van der Waals surface area contributed by atoms with Gasteiger partial charge in [0.25, 0.3) is 0 Å². The Morgan fingerprint density at radius 1 is 1.35 bits per heavy atom. The number of carbonyl (C=O) groups is 2. The lowest BCUT2D eigenvalue weighted by atomic mass is 10.2. The van der Waals surface area contributed by atoms with Crippen LogP contribution in [-0.2, 0) is 4.79 Å². The normalized spacial score (nSPS) is 10.6. The van der Waals surface area contributed by atoms with E-state index in [4.69, 9.17) is 5.11 Å². The van der Waals surface area contributed by atoms with Crippen LogP contribution in [0.4, 0.5) is 0 Å². The summed E-state index contributed by atoms with van der Waals surface area (Å²) in [6.45, 7) is 4.07. The van der Waals surface area contributed by atoms with Gasteiger partial charge in [-0.15, -0.1) is 11.8 Å². The molecule has 0 unspecified atom stereocenters. The third-order valence-electron chi connectivity index (χ3n) is 2.89. The molecule has 0 radical (unpaired) electrons. The minimum atomic E-state index is -0.985. The van der Waals surface area contributed by atoms with Crippen molar-refractivity contribution in [3.05, 3.63) is 28.2 Å². The Labute approximate surface area is 131 Å². The first kappa shape index (κ1) is 17.0. The van der Waals surface area contributed by atoms with E-state index in [1.165, 1.54) is 11.8 Å². The molecule has 110 valence electrons. The van der Waals surface area contributed by atoms with Crippen LogP contribution >= 0.6 is 27.7 Å². The Bertz CT molecular complexity index is 489. The molecule has 1 aromatic rings. The Morgan fingerprint density at radius 2 is 2.00 bits per heavy atom. The van der Waals surface area contributed by atoms with Gasteiger partial charge in [0.1, 0.15) is 0 Å². The molecule has 0 aromatic heterocycles. The molecule has 0 bridgehead atoms. The monoisotopic (exact) mass is 359 g/mol. The van der Waals surface area contributed by atoms with Crippen molar-refractivity contribution >= 4 is 39.6 Å². The van der Waals surface area contributed by atoms with E-state index < -0.39 is 5.97 Å². The number of carboxylic acids is 1. The van der Waals surface area contributed by atoms with Gasteiger partial charge in [0, 0.05) is 15.4 Å². The summed E-state index contributed by atoms with van der Waals surface area (Å²) >= 11 is 4.53. The van der Waals surface area contributed by atoms with Crippen LogP contribution in [0.1, 0.15) is 37.0 Å². The van der Waals surface area contributed by atoms with Gasteiger partial charge in [-0.3, -0.25) is 4.79 Å². The van der Waals surface area contributed by atoms with Gasteiger partial charge in [-0.05, 0) is 47.0 Å². The van der Waals surface area contributed by atoms with Gasteiger partial charge < -0.3 is 10.4 Å². The molecule has 6 heteroatoms. The highest BCUT2D eigenvalue weighted by atomic mass is 79.9. The lowest BCUT2D eigenvalue weighted by molar-refractivity contribution is -0.119. The molecule has 1 aromatic carbocycles.